The zero-order chi connectivity index (χ0) is 8.85. The van der Waals surface area contributed by atoms with Crippen molar-refractivity contribution in [1.29, 1.82) is 0 Å². The second-order valence-electron chi connectivity index (χ2n) is 2.00. The van der Waals surface area contributed by atoms with Gasteiger partial charge in [0.05, 0.1) is 11.9 Å². The van der Waals surface area contributed by atoms with Crippen LogP contribution in [0.4, 0.5) is 5.69 Å². The van der Waals surface area contributed by atoms with Crippen LogP contribution in [0.1, 0.15) is 5.56 Å². The van der Waals surface area contributed by atoms with Crippen LogP contribution in [-0.2, 0) is 0 Å². The summed E-state index contributed by atoms with van der Waals surface area (Å²) in [4.78, 5) is 0. The SMILES string of the molecule is Cc1ccc(Cl)cc1N.OCl. The van der Waals surface area contributed by atoms with Gasteiger partial charge in [-0.15, -0.1) is 0 Å². The number of hydrogen-bond acceptors (Lipinski definition) is 2. The van der Waals surface area contributed by atoms with Gasteiger partial charge in [-0.2, -0.15) is 0 Å². The summed E-state index contributed by atoms with van der Waals surface area (Å²) in [5, 5.41) is 0.693. The number of anilines is 1. The Hall–Kier alpha value is -0.440. The van der Waals surface area contributed by atoms with Crippen molar-refractivity contribution in [1.82, 2.24) is 0 Å². The van der Waals surface area contributed by atoms with Crippen LogP contribution in [-0.4, -0.2) is 4.66 Å². The van der Waals surface area contributed by atoms with Crippen molar-refractivity contribution in [2.75, 3.05) is 5.73 Å². The molecule has 0 saturated heterocycles. The van der Waals surface area contributed by atoms with Crippen molar-refractivity contribution >= 4 is 29.2 Å². The lowest BCUT2D eigenvalue weighted by atomic mass is 10.2. The van der Waals surface area contributed by atoms with E-state index in [1.807, 2.05) is 19.1 Å². The zero-order valence-electron chi connectivity index (χ0n) is 6.01. The van der Waals surface area contributed by atoms with E-state index in [9.17, 15) is 0 Å². The van der Waals surface area contributed by atoms with Crippen molar-refractivity contribution in [2.24, 2.45) is 0 Å². The van der Waals surface area contributed by atoms with E-state index in [1.54, 1.807) is 6.07 Å². The van der Waals surface area contributed by atoms with E-state index in [-0.39, 0.29) is 0 Å². The number of nitrogen functional groups attached to an aromatic ring is 1. The molecule has 0 radical (unpaired) electrons. The van der Waals surface area contributed by atoms with Gasteiger partial charge in [0.1, 0.15) is 0 Å². The van der Waals surface area contributed by atoms with Crippen molar-refractivity contribution in [3.8, 4) is 0 Å². The quantitative estimate of drug-likeness (QED) is 0.622. The van der Waals surface area contributed by atoms with Crippen LogP contribution in [0.5, 0.6) is 0 Å². The average molecular weight is 194 g/mol. The number of hydrogen-bond donors (Lipinski definition) is 2. The summed E-state index contributed by atoms with van der Waals surface area (Å²) in [6.45, 7) is 1.95. The molecule has 0 bridgehead atoms. The van der Waals surface area contributed by atoms with Gasteiger partial charge in [-0.3, -0.25) is 4.66 Å². The van der Waals surface area contributed by atoms with Gasteiger partial charge in [-0.25, -0.2) is 0 Å². The summed E-state index contributed by atoms with van der Waals surface area (Å²) in [7, 11) is 0. The monoisotopic (exact) mass is 193 g/mol. The van der Waals surface area contributed by atoms with Gasteiger partial charge in [-0.05, 0) is 24.6 Å². The van der Waals surface area contributed by atoms with Crippen molar-refractivity contribution in [2.45, 2.75) is 6.92 Å². The van der Waals surface area contributed by atoms with Crippen LogP contribution in [0.15, 0.2) is 18.2 Å². The molecule has 3 N–H and O–H groups in total. The van der Waals surface area contributed by atoms with Crippen molar-refractivity contribution in [3.63, 3.8) is 0 Å². The third-order valence-corrected chi connectivity index (χ3v) is 1.48. The fourth-order valence-corrected chi connectivity index (χ4v) is 0.792. The molecule has 0 aliphatic carbocycles. The van der Waals surface area contributed by atoms with Crippen molar-refractivity contribution < 1.29 is 4.66 Å². The number of halogens is 2. The second-order valence-corrected chi connectivity index (χ2v) is 2.44. The highest BCUT2D eigenvalue weighted by atomic mass is 35.5. The first-order valence-corrected chi connectivity index (χ1v) is 3.60. The molecule has 1 aromatic rings. The summed E-state index contributed by atoms with van der Waals surface area (Å²) in [6, 6.07) is 5.47. The van der Waals surface area contributed by atoms with Gasteiger partial charge in [0.2, 0.25) is 0 Å². The van der Waals surface area contributed by atoms with Crippen LogP contribution in [0.3, 0.4) is 0 Å². The minimum Gasteiger partial charge on any atom is -0.398 e. The molecule has 11 heavy (non-hydrogen) atoms. The fourth-order valence-electron chi connectivity index (χ4n) is 0.611. The molecule has 0 atom stereocenters. The zero-order valence-corrected chi connectivity index (χ0v) is 7.52. The Morgan fingerprint density at radius 1 is 1.36 bits per heavy atom. The van der Waals surface area contributed by atoms with Gasteiger partial charge in [0.15, 0.2) is 0 Å². The van der Waals surface area contributed by atoms with Crippen LogP contribution < -0.4 is 5.73 Å². The lowest BCUT2D eigenvalue weighted by Crippen LogP contribution is -1.87. The van der Waals surface area contributed by atoms with E-state index in [4.69, 9.17) is 22.0 Å². The molecule has 0 heterocycles. The third kappa shape index (κ3) is 3.46. The smallest absolute Gasteiger partial charge is 0.0579 e. The van der Waals surface area contributed by atoms with E-state index in [2.05, 4.69) is 11.9 Å². The van der Waals surface area contributed by atoms with Crippen LogP contribution in [0.25, 0.3) is 0 Å². The number of benzene rings is 1. The second kappa shape index (κ2) is 5.24. The average Bonchev–Trinajstić information content (AvgIpc) is 2.02. The van der Waals surface area contributed by atoms with Crippen LogP contribution in [0, 0.1) is 6.92 Å². The van der Waals surface area contributed by atoms with Crippen molar-refractivity contribution in [3.05, 3.63) is 28.8 Å². The molecule has 0 aliphatic heterocycles. The Morgan fingerprint density at radius 3 is 2.27 bits per heavy atom. The first-order chi connectivity index (χ1) is 5.20. The maximum absolute atomic E-state index is 6.47. The predicted molar refractivity (Wildman–Crippen MR) is 48.7 cm³/mol. The minimum absolute atomic E-state index is 0.693. The topological polar surface area (TPSA) is 46.2 Å². The molecule has 1 aromatic carbocycles. The molecule has 0 aliphatic rings. The first kappa shape index (κ1) is 10.6. The van der Waals surface area contributed by atoms with E-state index in [1.165, 1.54) is 0 Å². The molecule has 0 aromatic heterocycles. The summed E-state index contributed by atoms with van der Waals surface area (Å²) < 4.78 is 6.47. The van der Waals surface area contributed by atoms with Gasteiger partial charge in [-0.1, -0.05) is 17.7 Å². The van der Waals surface area contributed by atoms with E-state index >= 15 is 0 Å². The number of nitrogens with two attached hydrogens (primary N) is 1. The molecule has 0 saturated carbocycles. The summed E-state index contributed by atoms with van der Waals surface area (Å²) in [5.74, 6) is 0. The van der Waals surface area contributed by atoms with E-state index in [0.717, 1.165) is 11.3 Å². The molecule has 2 nitrogen and oxygen atoms in total. The Kier molecular flexibility index (Phi) is 5.03. The van der Waals surface area contributed by atoms with Gasteiger partial charge >= 0.3 is 0 Å². The normalized spacial score (nSPS) is 8.36. The highest BCUT2D eigenvalue weighted by Gasteiger charge is 1.91. The van der Waals surface area contributed by atoms with Gasteiger partial charge in [0.25, 0.3) is 0 Å². The maximum atomic E-state index is 6.47. The highest BCUT2D eigenvalue weighted by molar-refractivity contribution is 6.30. The lowest BCUT2D eigenvalue weighted by Gasteiger charge is -1.97. The summed E-state index contributed by atoms with van der Waals surface area (Å²) >= 11 is 9.28. The van der Waals surface area contributed by atoms with Crippen LogP contribution in [0.2, 0.25) is 5.02 Å². The van der Waals surface area contributed by atoms with Crippen LogP contribution >= 0.6 is 23.5 Å². The van der Waals surface area contributed by atoms with E-state index in [0.29, 0.717) is 5.02 Å². The predicted octanol–water partition coefficient (Wildman–Crippen LogP) is 2.36. The number of aryl methyl sites for hydroxylation is 1. The summed E-state index contributed by atoms with van der Waals surface area (Å²) in [5.41, 5.74) is 7.36. The molecule has 62 valence electrons. The van der Waals surface area contributed by atoms with E-state index < -0.39 is 0 Å². The molecule has 4 heteroatoms. The van der Waals surface area contributed by atoms with Gasteiger partial charge < -0.3 is 5.73 Å². The molecule has 0 amide bonds. The molecule has 0 fully saturated rings. The highest BCUT2D eigenvalue weighted by Crippen LogP contribution is 2.16. The first-order valence-electron chi connectivity index (χ1n) is 2.88. The Morgan fingerprint density at radius 2 is 1.91 bits per heavy atom. The van der Waals surface area contributed by atoms with Gasteiger partial charge in [0, 0.05) is 10.7 Å². The largest absolute Gasteiger partial charge is 0.398 e. The summed E-state index contributed by atoms with van der Waals surface area (Å²) in [6.07, 6.45) is 0. The Balaban J connectivity index is 0.000000461. The molecule has 1 rings (SSSR count). The molecular formula is C7H9Cl2NO. The minimum atomic E-state index is 0.693. The molecule has 0 spiro atoms. The Bertz CT molecular complexity index is 228. The maximum Gasteiger partial charge on any atom is 0.0579 e. The molecule has 0 unspecified atom stereocenters. The lowest BCUT2D eigenvalue weighted by molar-refractivity contribution is 0.632. The Labute approximate surface area is 75.7 Å². The fraction of sp³-hybridized carbons (Fsp3) is 0.143. The molecular weight excluding hydrogens is 185 g/mol. The number of rotatable bonds is 0. The third-order valence-electron chi connectivity index (χ3n) is 1.24. The standard InChI is InChI=1S/C7H8ClN.ClHO/c1-5-2-3-6(8)4-7(5)9;1-2/h2-4H,9H2,1H3;2H.